The van der Waals surface area contributed by atoms with Gasteiger partial charge in [-0.2, -0.15) is 0 Å². The van der Waals surface area contributed by atoms with E-state index in [-0.39, 0.29) is 0 Å². The maximum atomic E-state index is 13.1. The summed E-state index contributed by atoms with van der Waals surface area (Å²) in [6.07, 6.45) is 0.320. The van der Waals surface area contributed by atoms with Gasteiger partial charge >= 0.3 is 5.97 Å². The SMILES string of the molecule is CCC(Nc1cccc(Br)c1)(C(=O)O)c1ccc(F)cc1. The van der Waals surface area contributed by atoms with Crippen LogP contribution in [0.1, 0.15) is 18.9 Å². The molecule has 0 amide bonds. The van der Waals surface area contributed by atoms with Gasteiger partial charge in [0.2, 0.25) is 0 Å². The summed E-state index contributed by atoms with van der Waals surface area (Å²) < 4.78 is 13.9. The second-order valence-corrected chi connectivity index (χ2v) is 5.62. The fourth-order valence-electron chi connectivity index (χ4n) is 2.24. The lowest BCUT2D eigenvalue weighted by Crippen LogP contribution is -2.43. The Hall–Kier alpha value is -1.88. The molecule has 0 bridgehead atoms. The highest BCUT2D eigenvalue weighted by Crippen LogP contribution is 2.31. The van der Waals surface area contributed by atoms with E-state index in [1.165, 1.54) is 24.3 Å². The van der Waals surface area contributed by atoms with Crippen LogP contribution in [0.25, 0.3) is 0 Å². The molecule has 0 aliphatic carbocycles. The third-order valence-corrected chi connectivity index (χ3v) is 3.91. The summed E-state index contributed by atoms with van der Waals surface area (Å²) in [5.41, 5.74) is -0.106. The Morgan fingerprint density at radius 1 is 1.29 bits per heavy atom. The fourth-order valence-corrected chi connectivity index (χ4v) is 2.64. The number of halogens is 2. The number of carboxylic acid groups (broad SMARTS) is 1. The number of rotatable bonds is 5. The number of aliphatic carboxylic acids is 1. The van der Waals surface area contributed by atoms with Crippen molar-refractivity contribution < 1.29 is 14.3 Å². The number of carboxylic acids is 1. The lowest BCUT2D eigenvalue weighted by Gasteiger charge is -2.31. The lowest BCUT2D eigenvalue weighted by atomic mass is 9.87. The van der Waals surface area contributed by atoms with Crippen molar-refractivity contribution >= 4 is 27.6 Å². The van der Waals surface area contributed by atoms with Gasteiger partial charge in [0.15, 0.2) is 5.54 Å². The van der Waals surface area contributed by atoms with Crippen molar-refractivity contribution in [2.24, 2.45) is 0 Å². The first-order valence-electron chi connectivity index (χ1n) is 6.51. The molecule has 0 heterocycles. The molecule has 1 unspecified atom stereocenters. The number of benzene rings is 2. The molecule has 2 aromatic carbocycles. The van der Waals surface area contributed by atoms with Crippen molar-refractivity contribution in [3.05, 3.63) is 64.4 Å². The Kier molecular flexibility index (Phi) is 4.63. The molecule has 0 saturated heterocycles. The van der Waals surface area contributed by atoms with Gasteiger partial charge < -0.3 is 10.4 Å². The molecule has 0 aliphatic rings. The monoisotopic (exact) mass is 351 g/mol. The van der Waals surface area contributed by atoms with Gasteiger partial charge in [-0.3, -0.25) is 0 Å². The van der Waals surface area contributed by atoms with Gasteiger partial charge in [-0.25, -0.2) is 9.18 Å². The highest BCUT2D eigenvalue weighted by molar-refractivity contribution is 9.10. The van der Waals surface area contributed by atoms with Gasteiger partial charge in [0, 0.05) is 10.2 Å². The second kappa shape index (κ2) is 6.26. The van der Waals surface area contributed by atoms with Crippen molar-refractivity contribution in [1.82, 2.24) is 0 Å². The normalized spacial score (nSPS) is 13.5. The number of anilines is 1. The molecule has 0 spiro atoms. The van der Waals surface area contributed by atoms with E-state index in [4.69, 9.17) is 0 Å². The van der Waals surface area contributed by atoms with E-state index >= 15 is 0 Å². The van der Waals surface area contributed by atoms with Crippen LogP contribution in [0.15, 0.2) is 53.0 Å². The van der Waals surface area contributed by atoms with Crippen LogP contribution in [0, 0.1) is 5.82 Å². The zero-order valence-electron chi connectivity index (χ0n) is 11.4. The molecule has 0 aromatic heterocycles. The number of carbonyl (C=O) groups is 1. The predicted molar refractivity (Wildman–Crippen MR) is 83.8 cm³/mol. The molecule has 2 rings (SSSR count). The summed E-state index contributed by atoms with van der Waals surface area (Å²) in [5, 5.41) is 12.8. The average molecular weight is 352 g/mol. The van der Waals surface area contributed by atoms with E-state index in [1.807, 2.05) is 12.1 Å². The van der Waals surface area contributed by atoms with Crippen molar-refractivity contribution in [3.8, 4) is 0 Å². The summed E-state index contributed by atoms with van der Waals surface area (Å²) in [6.45, 7) is 1.78. The van der Waals surface area contributed by atoms with E-state index in [9.17, 15) is 14.3 Å². The van der Waals surface area contributed by atoms with Crippen molar-refractivity contribution in [2.75, 3.05) is 5.32 Å². The Morgan fingerprint density at radius 3 is 2.48 bits per heavy atom. The van der Waals surface area contributed by atoms with Gasteiger partial charge in [0.05, 0.1) is 0 Å². The molecule has 0 radical (unpaired) electrons. The Bertz CT molecular complexity index is 645. The molecule has 2 aromatic rings. The van der Waals surface area contributed by atoms with Crippen LogP contribution in [-0.4, -0.2) is 11.1 Å². The van der Waals surface area contributed by atoms with Gasteiger partial charge in [0.25, 0.3) is 0 Å². The van der Waals surface area contributed by atoms with Gasteiger partial charge in [0.1, 0.15) is 5.82 Å². The number of hydrogen-bond acceptors (Lipinski definition) is 2. The third-order valence-electron chi connectivity index (χ3n) is 3.41. The number of nitrogens with one attached hydrogen (secondary N) is 1. The van der Waals surface area contributed by atoms with Gasteiger partial charge in [-0.05, 0) is 42.3 Å². The van der Waals surface area contributed by atoms with Crippen LogP contribution in [0.5, 0.6) is 0 Å². The van der Waals surface area contributed by atoms with Crippen LogP contribution in [0.2, 0.25) is 0 Å². The van der Waals surface area contributed by atoms with E-state index in [1.54, 1.807) is 19.1 Å². The maximum Gasteiger partial charge on any atom is 0.334 e. The quantitative estimate of drug-likeness (QED) is 0.839. The molecule has 2 N–H and O–H groups in total. The molecule has 21 heavy (non-hydrogen) atoms. The minimum atomic E-state index is -1.30. The fraction of sp³-hybridized carbons (Fsp3) is 0.188. The van der Waals surface area contributed by atoms with Crippen molar-refractivity contribution in [1.29, 1.82) is 0 Å². The zero-order chi connectivity index (χ0) is 15.5. The molecule has 5 heteroatoms. The first-order valence-corrected chi connectivity index (χ1v) is 7.30. The zero-order valence-corrected chi connectivity index (χ0v) is 13.0. The smallest absolute Gasteiger partial charge is 0.334 e. The van der Waals surface area contributed by atoms with Gasteiger partial charge in [-0.15, -0.1) is 0 Å². The number of hydrogen-bond donors (Lipinski definition) is 2. The molecule has 0 fully saturated rings. The van der Waals surface area contributed by atoms with Gasteiger partial charge in [-0.1, -0.05) is 41.1 Å². The molecule has 1 atom stereocenters. The third kappa shape index (κ3) is 3.24. The lowest BCUT2D eigenvalue weighted by molar-refractivity contribution is -0.142. The molecule has 3 nitrogen and oxygen atoms in total. The highest BCUT2D eigenvalue weighted by Gasteiger charge is 2.38. The Morgan fingerprint density at radius 2 is 1.95 bits per heavy atom. The summed E-state index contributed by atoms with van der Waals surface area (Å²) in [4.78, 5) is 11.9. The summed E-state index contributed by atoms with van der Waals surface area (Å²) in [7, 11) is 0. The largest absolute Gasteiger partial charge is 0.479 e. The van der Waals surface area contributed by atoms with E-state index in [0.717, 1.165) is 4.47 Å². The van der Waals surface area contributed by atoms with E-state index in [2.05, 4.69) is 21.2 Å². The summed E-state index contributed by atoms with van der Waals surface area (Å²) in [5.74, 6) is -1.40. The maximum absolute atomic E-state index is 13.1. The minimum Gasteiger partial charge on any atom is -0.479 e. The summed E-state index contributed by atoms with van der Waals surface area (Å²) >= 11 is 3.36. The van der Waals surface area contributed by atoms with E-state index in [0.29, 0.717) is 17.7 Å². The standard InChI is InChI=1S/C16H15BrFNO2/c1-2-16(15(20)21,11-6-8-13(18)9-7-11)19-14-5-3-4-12(17)10-14/h3-10,19H,2H2,1H3,(H,20,21). The topological polar surface area (TPSA) is 49.3 Å². The first kappa shape index (κ1) is 15.5. The van der Waals surface area contributed by atoms with Crippen LogP contribution in [0.3, 0.4) is 0 Å². The average Bonchev–Trinajstić information content (AvgIpc) is 2.45. The minimum absolute atomic E-state index is 0.320. The Labute approximate surface area is 130 Å². The summed E-state index contributed by atoms with van der Waals surface area (Å²) in [6, 6.07) is 12.8. The predicted octanol–water partition coefficient (Wildman–Crippen LogP) is 4.39. The molecule has 0 saturated carbocycles. The van der Waals surface area contributed by atoms with Crippen LogP contribution in [-0.2, 0) is 10.3 Å². The molecular formula is C16H15BrFNO2. The highest BCUT2D eigenvalue weighted by atomic mass is 79.9. The van der Waals surface area contributed by atoms with Crippen LogP contribution < -0.4 is 5.32 Å². The molecule has 110 valence electrons. The van der Waals surface area contributed by atoms with Crippen molar-refractivity contribution in [3.63, 3.8) is 0 Å². The van der Waals surface area contributed by atoms with Crippen LogP contribution in [0.4, 0.5) is 10.1 Å². The Balaban J connectivity index is 2.46. The van der Waals surface area contributed by atoms with Crippen molar-refractivity contribution in [2.45, 2.75) is 18.9 Å². The van der Waals surface area contributed by atoms with Crippen LogP contribution >= 0.6 is 15.9 Å². The van der Waals surface area contributed by atoms with E-state index < -0.39 is 17.3 Å². The first-order chi connectivity index (χ1) is 9.98. The molecule has 0 aliphatic heterocycles. The molecular weight excluding hydrogens is 337 g/mol. The second-order valence-electron chi connectivity index (χ2n) is 4.71.